The van der Waals surface area contributed by atoms with E-state index >= 15 is 0 Å². The van der Waals surface area contributed by atoms with Gasteiger partial charge in [0, 0.05) is 6.42 Å². The van der Waals surface area contributed by atoms with Gasteiger partial charge in [-0.05, 0) is 12.5 Å². The molecule has 0 aliphatic rings. The molecule has 0 amide bonds. The van der Waals surface area contributed by atoms with Crippen molar-refractivity contribution in [3.8, 4) is 11.4 Å². The minimum atomic E-state index is 0.595. The van der Waals surface area contributed by atoms with Crippen molar-refractivity contribution in [3.63, 3.8) is 0 Å². The second kappa shape index (κ2) is 3.43. The molecule has 0 bridgehead atoms. The zero-order valence-corrected chi connectivity index (χ0v) is 7.36. The first-order valence-corrected chi connectivity index (χ1v) is 4.25. The number of aryl methyl sites for hydroxylation is 1. The summed E-state index contributed by atoms with van der Waals surface area (Å²) in [5, 5.41) is 3.83. The van der Waals surface area contributed by atoms with E-state index in [0.717, 1.165) is 18.4 Å². The largest absolute Gasteiger partial charge is 0.472 e. The van der Waals surface area contributed by atoms with Crippen LogP contribution in [0.3, 0.4) is 0 Å². The van der Waals surface area contributed by atoms with Crippen molar-refractivity contribution >= 4 is 0 Å². The average Bonchev–Trinajstić information content (AvgIpc) is 2.70. The Morgan fingerprint density at radius 3 is 3.08 bits per heavy atom. The highest BCUT2D eigenvalue weighted by atomic mass is 16.5. The summed E-state index contributed by atoms with van der Waals surface area (Å²) in [7, 11) is 0. The highest BCUT2D eigenvalue weighted by Gasteiger charge is 2.07. The van der Waals surface area contributed by atoms with Crippen LogP contribution in [0.1, 0.15) is 19.2 Å². The van der Waals surface area contributed by atoms with Gasteiger partial charge in [0.1, 0.15) is 6.26 Å². The van der Waals surface area contributed by atoms with E-state index in [1.807, 2.05) is 0 Å². The predicted molar refractivity (Wildman–Crippen MR) is 46.0 cm³/mol. The minimum Gasteiger partial charge on any atom is -0.472 e. The van der Waals surface area contributed by atoms with Gasteiger partial charge < -0.3 is 8.94 Å². The fraction of sp³-hybridized carbons (Fsp3) is 0.333. The maximum atomic E-state index is 5.03. The fourth-order valence-corrected chi connectivity index (χ4v) is 1.08. The van der Waals surface area contributed by atoms with Gasteiger partial charge in [0.05, 0.1) is 11.8 Å². The molecule has 4 nitrogen and oxygen atoms in total. The Labute approximate surface area is 75.6 Å². The Morgan fingerprint density at radius 1 is 1.46 bits per heavy atom. The van der Waals surface area contributed by atoms with Crippen molar-refractivity contribution in [2.75, 3.05) is 0 Å². The van der Waals surface area contributed by atoms with E-state index in [-0.39, 0.29) is 0 Å². The lowest BCUT2D eigenvalue weighted by atomic mass is 10.3. The first-order chi connectivity index (χ1) is 6.40. The quantitative estimate of drug-likeness (QED) is 0.723. The molecule has 2 rings (SSSR count). The predicted octanol–water partition coefficient (Wildman–Crippen LogP) is 2.28. The van der Waals surface area contributed by atoms with E-state index in [1.165, 1.54) is 0 Å². The van der Waals surface area contributed by atoms with Crippen LogP contribution in [0.2, 0.25) is 0 Å². The van der Waals surface area contributed by atoms with E-state index < -0.39 is 0 Å². The third-order valence-electron chi connectivity index (χ3n) is 1.71. The lowest BCUT2D eigenvalue weighted by Crippen LogP contribution is -1.82. The standard InChI is InChI=1S/C9H10N2O2/c1-2-3-8-10-9(11-13-8)7-4-5-12-6-7/h4-6H,2-3H2,1H3. The van der Waals surface area contributed by atoms with Crippen LogP contribution in [0, 0.1) is 0 Å². The first-order valence-electron chi connectivity index (χ1n) is 4.25. The van der Waals surface area contributed by atoms with E-state index in [9.17, 15) is 0 Å². The number of furan rings is 1. The lowest BCUT2D eigenvalue weighted by molar-refractivity contribution is 0.378. The lowest BCUT2D eigenvalue weighted by Gasteiger charge is -1.83. The van der Waals surface area contributed by atoms with E-state index in [1.54, 1.807) is 18.6 Å². The van der Waals surface area contributed by atoms with E-state index in [4.69, 9.17) is 8.94 Å². The van der Waals surface area contributed by atoms with Gasteiger partial charge >= 0.3 is 0 Å². The zero-order valence-electron chi connectivity index (χ0n) is 7.36. The summed E-state index contributed by atoms with van der Waals surface area (Å²) in [5.41, 5.74) is 0.853. The van der Waals surface area contributed by atoms with Gasteiger partial charge in [0.25, 0.3) is 0 Å². The first kappa shape index (κ1) is 8.04. The highest BCUT2D eigenvalue weighted by molar-refractivity contribution is 5.51. The fourth-order valence-electron chi connectivity index (χ4n) is 1.08. The second-order valence-electron chi connectivity index (χ2n) is 2.77. The Morgan fingerprint density at radius 2 is 2.38 bits per heavy atom. The Kier molecular flexibility index (Phi) is 2.12. The molecule has 4 heteroatoms. The molecule has 2 aromatic rings. The number of hydrogen-bond acceptors (Lipinski definition) is 4. The summed E-state index contributed by atoms with van der Waals surface area (Å²) in [6.07, 6.45) is 5.02. The van der Waals surface area contributed by atoms with Crippen LogP contribution in [0.5, 0.6) is 0 Å². The van der Waals surface area contributed by atoms with Crippen LogP contribution in [-0.4, -0.2) is 10.1 Å². The molecule has 0 aliphatic carbocycles. The molecule has 2 heterocycles. The summed E-state index contributed by atoms with van der Waals surface area (Å²) < 4.78 is 9.94. The maximum absolute atomic E-state index is 5.03. The molecule has 0 radical (unpaired) electrons. The number of hydrogen-bond donors (Lipinski definition) is 0. The number of nitrogens with zero attached hydrogens (tertiary/aromatic N) is 2. The van der Waals surface area contributed by atoms with Gasteiger partial charge in [-0.2, -0.15) is 4.98 Å². The highest BCUT2D eigenvalue weighted by Crippen LogP contribution is 2.15. The van der Waals surface area contributed by atoms with Gasteiger partial charge in [0.15, 0.2) is 0 Å². The molecule has 0 aromatic carbocycles. The molecule has 0 saturated heterocycles. The zero-order chi connectivity index (χ0) is 9.10. The molecule has 68 valence electrons. The second-order valence-corrected chi connectivity index (χ2v) is 2.77. The Balaban J connectivity index is 2.23. The molecule has 0 saturated carbocycles. The molecule has 0 fully saturated rings. The van der Waals surface area contributed by atoms with Crippen LogP contribution < -0.4 is 0 Å². The summed E-state index contributed by atoms with van der Waals surface area (Å²) >= 11 is 0. The number of aromatic nitrogens is 2. The summed E-state index contributed by atoms with van der Waals surface area (Å²) in [6.45, 7) is 2.07. The molecule has 0 atom stereocenters. The molecule has 0 spiro atoms. The van der Waals surface area contributed by atoms with E-state index in [2.05, 4.69) is 17.1 Å². The van der Waals surface area contributed by atoms with Crippen LogP contribution in [0.4, 0.5) is 0 Å². The smallest absolute Gasteiger partial charge is 0.226 e. The summed E-state index contributed by atoms with van der Waals surface area (Å²) in [4.78, 5) is 4.20. The third kappa shape index (κ3) is 1.61. The van der Waals surface area contributed by atoms with Gasteiger partial charge in [-0.1, -0.05) is 12.1 Å². The van der Waals surface area contributed by atoms with Gasteiger partial charge in [-0.15, -0.1) is 0 Å². The maximum Gasteiger partial charge on any atom is 0.226 e. The molecule has 0 unspecified atom stereocenters. The van der Waals surface area contributed by atoms with Crippen molar-refractivity contribution in [3.05, 3.63) is 24.5 Å². The SMILES string of the molecule is CCCc1nc(-c2ccoc2)no1. The normalized spacial score (nSPS) is 10.5. The molecular weight excluding hydrogens is 168 g/mol. The molecule has 0 aliphatic heterocycles. The van der Waals surface area contributed by atoms with Gasteiger partial charge in [-0.3, -0.25) is 0 Å². The van der Waals surface area contributed by atoms with Crippen molar-refractivity contribution in [2.45, 2.75) is 19.8 Å². The van der Waals surface area contributed by atoms with Gasteiger partial charge in [0.2, 0.25) is 11.7 Å². The molecular formula is C9H10N2O2. The van der Waals surface area contributed by atoms with Crippen LogP contribution in [0.25, 0.3) is 11.4 Å². The van der Waals surface area contributed by atoms with Crippen molar-refractivity contribution < 1.29 is 8.94 Å². The molecule has 0 N–H and O–H groups in total. The summed E-state index contributed by atoms with van der Waals surface area (Å²) in [6, 6.07) is 1.81. The minimum absolute atomic E-state index is 0.595. The van der Waals surface area contributed by atoms with Gasteiger partial charge in [-0.25, -0.2) is 0 Å². The monoisotopic (exact) mass is 178 g/mol. The Hall–Kier alpha value is -1.58. The topological polar surface area (TPSA) is 52.1 Å². The average molecular weight is 178 g/mol. The van der Waals surface area contributed by atoms with Crippen LogP contribution in [-0.2, 0) is 6.42 Å². The van der Waals surface area contributed by atoms with Crippen molar-refractivity contribution in [1.29, 1.82) is 0 Å². The molecule has 13 heavy (non-hydrogen) atoms. The molecule has 2 aromatic heterocycles. The Bertz CT molecular complexity index is 365. The third-order valence-corrected chi connectivity index (χ3v) is 1.71. The van der Waals surface area contributed by atoms with E-state index in [0.29, 0.717) is 11.7 Å². The van der Waals surface area contributed by atoms with Crippen LogP contribution in [0.15, 0.2) is 27.5 Å². The summed E-state index contributed by atoms with van der Waals surface area (Å²) in [5.74, 6) is 1.27. The van der Waals surface area contributed by atoms with Crippen molar-refractivity contribution in [1.82, 2.24) is 10.1 Å². The number of rotatable bonds is 3. The van der Waals surface area contributed by atoms with Crippen molar-refractivity contribution in [2.24, 2.45) is 0 Å². The van der Waals surface area contributed by atoms with Crippen LogP contribution >= 0.6 is 0 Å².